The van der Waals surface area contributed by atoms with Crippen molar-refractivity contribution in [2.45, 2.75) is 16.0 Å². The number of hydrogen-bond donors (Lipinski definition) is 1. The van der Waals surface area contributed by atoms with Crippen molar-refractivity contribution in [3.63, 3.8) is 0 Å². The Morgan fingerprint density at radius 1 is 1.00 bits per heavy atom. The standard InChI is InChI=1S/C12H14F3N3O5S2/c13-12(14,15)11(19)17-4-6-18(7-5-17)25(22,23)10-3-1-2-9(8-10)24(16,20)21/h1-3,8H,4-7H2,(H2,16,20,21). The van der Waals surface area contributed by atoms with Gasteiger partial charge in [0.05, 0.1) is 9.79 Å². The van der Waals surface area contributed by atoms with Crippen LogP contribution in [0.5, 0.6) is 0 Å². The van der Waals surface area contributed by atoms with Crippen molar-refractivity contribution < 1.29 is 34.8 Å². The zero-order valence-corrected chi connectivity index (χ0v) is 14.2. The van der Waals surface area contributed by atoms with Crippen molar-refractivity contribution in [1.82, 2.24) is 9.21 Å². The lowest BCUT2D eigenvalue weighted by Gasteiger charge is -2.34. The molecule has 1 aromatic rings. The number of benzene rings is 1. The van der Waals surface area contributed by atoms with Gasteiger partial charge in [-0.3, -0.25) is 4.79 Å². The second-order valence-corrected chi connectivity index (χ2v) is 8.71. The number of sulfonamides is 2. The molecule has 2 rings (SSSR count). The van der Waals surface area contributed by atoms with Crippen LogP contribution in [0.15, 0.2) is 34.1 Å². The van der Waals surface area contributed by atoms with Gasteiger partial charge in [0.15, 0.2) is 0 Å². The predicted molar refractivity (Wildman–Crippen MR) is 79.2 cm³/mol. The van der Waals surface area contributed by atoms with Crippen molar-refractivity contribution in [3.05, 3.63) is 24.3 Å². The van der Waals surface area contributed by atoms with E-state index in [1.807, 2.05) is 0 Å². The molecule has 1 aliphatic rings. The highest BCUT2D eigenvalue weighted by Crippen LogP contribution is 2.23. The number of nitrogens with zero attached hydrogens (tertiary/aromatic N) is 2. The fourth-order valence-corrected chi connectivity index (χ4v) is 4.37. The second kappa shape index (κ2) is 6.55. The first-order valence-corrected chi connectivity index (χ1v) is 9.81. The molecular formula is C12H14F3N3O5S2. The van der Waals surface area contributed by atoms with E-state index in [4.69, 9.17) is 5.14 Å². The maximum atomic E-state index is 12.5. The molecule has 0 spiro atoms. The number of hydrogen-bond acceptors (Lipinski definition) is 5. The van der Waals surface area contributed by atoms with E-state index in [9.17, 15) is 34.8 Å². The lowest BCUT2D eigenvalue weighted by molar-refractivity contribution is -0.186. The predicted octanol–water partition coefficient (Wildman–Crippen LogP) is -0.271. The molecule has 1 fully saturated rings. The summed E-state index contributed by atoms with van der Waals surface area (Å²) < 4.78 is 85.7. The molecule has 1 amide bonds. The highest BCUT2D eigenvalue weighted by molar-refractivity contribution is 7.90. The van der Waals surface area contributed by atoms with Crippen LogP contribution >= 0.6 is 0 Å². The van der Waals surface area contributed by atoms with E-state index in [0.29, 0.717) is 4.90 Å². The number of nitrogens with two attached hydrogens (primary N) is 1. The van der Waals surface area contributed by atoms with Gasteiger partial charge in [0, 0.05) is 26.2 Å². The van der Waals surface area contributed by atoms with Gasteiger partial charge in [0.1, 0.15) is 0 Å². The summed E-state index contributed by atoms with van der Waals surface area (Å²) in [4.78, 5) is 10.9. The Balaban J connectivity index is 2.19. The lowest BCUT2D eigenvalue weighted by atomic mass is 10.3. The van der Waals surface area contributed by atoms with Crippen LogP contribution in [0, 0.1) is 0 Å². The third-order valence-corrected chi connectivity index (χ3v) is 6.35. The minimum Gasteiger partial charge on any atom is -0.332 e. The van der Waals surface area contributed by atoms with Gasteiger partial charge in [-0.05, 0) is 18.2 Å². The first kappa shape index (κ1) is 19.6. The first-order chi connectivity index (χ1) is 11.3. The first-order valence-electron chi connectivity index (χ1n) is 6.82. The maximum Gasteiger partial charge on any atom is 0.471 e. The molecule has 0 aromatic heterocycles. The van der Waals surface area contributed by atoms with Crippen LogP contribution < -0.4 is 5.14 Å². The van der Waals surface area contributed by atoms with E-state index < -0.39 is 50.1 Å². The SMILES string of the molecule is NS(=O)(=O)c1cccc(S(=O)(=O)N2CCN(C(=O)C(F)(F)F)CC2)c1. The summed E-state index contributed by atoms with van der Waals surface area (Å²) in [6.07, 6.45) is -5.02. The molecule has 1 saturated heterocycles. The Kier molecular flexibility index (Phi) is 5.14. The summed E-state index contributed by atoms with van der Waals surface area (Å²) >= 11 is 0. The van der Waals surface area contributed by atoms with Crippen LogP contribution in [-0.4, -0.2) is 64.3 Å². The number of piperazine rings is 1. The van der Waals surface area contributed by atoms with Crippen molar-refractivity contribution in [3.8, 4) is 0 Å². The molecule has 0 unspecified atom stereocenters. The van der Waals surface area contributed by atoms with Gasteiger partial charge < -0.3 is 4.90 Å². The Hall–Kier alpha value is -1.70. The molecule has 1 heterocycles. The van der Waals surface area contributed by atoms with E-state index in [1.54, 1.807) is 0 Å². The van der Waals surface area contributed by atoms with Crippen LogP contribution in [0.3, 0.4) is 0 Å². The smallest absolute Gasteiger partial charge is 0.332 e. The summed E-state index contributed by atoms with van der Waals surface area (Å²) in [5, 5.41) is 4.95. The van der Waals surface area contributed by atoms with Crippen LogP contribution in [-0.2, 0) is 24.8 Å². The number of halogens is 3. The molecule has 13 heteroatoms. The number of primary sulfonamides is 1. The van der Waals surface area contributed by atoms with E-state index in [0.717, 1.165) is 22.5 Å². The van der Waals surface area contributed by atoms with Crippen molar-refractivity contribution in [2.75, 3.05) is 26.2 Å². The van der Waals surface area contributed by atoms with Gasteiger partial charge in [-0.2, -0.15) is 17.5 Å². The molecule has 0 radical (unpaired) electrons. The number of amides is 1. The molecule has 8 nitrogen and oxygen atoms in total. The minimum atomic E-state index is -5.02. The largest absolute Gasteiger partial charge is 0.471 e. The molecule has 0 atom stereocenters. The molecule has 0 bridgehead atoms. The summed E-state index contributed by atoms with van der Waals surface area (Å²) in [5.41, 5.74) is 0. The van der Waals surface area contributed by atoms with E-state index in [1.165, 1.54) is 6.07 Å². The third kappa shape index (κ3) is 4.29. The monoisotopic (exact) mass is 401 g/mol. The van der Waals surface area contributed by atoms with E-state index >= 15 is 0 Å². The summed E-state index contributed by atoms with van der Waals surface area (Å²) in [7, 11) is -8.25. The van der Waals surface area contributed by atoms with Crippen molar-refractivity contribution in [2.24, 2.45) is 5.14 Å². The van der Waals surface area contributed by atoms with Crippen LogP contribution in [0.4, 0.5) is 13.2 Å². The van der Waals surface area contributed by atoms with Crippen LogP contribution in [0.25, 0.3) is 0 Å². The maximum absolute atomic E-state index is 12.5. The van der Waals surface area contributed by atoms with Crippen molar-refractivity contribution in [1.29, 1.82) is 0 Å². The van der Waals surface area contributed by atoms with Gasteiger partial charge >= 0.3 is 12.1 Å². The molecule has 140 valence electrons. The minimum absolute atomic E-state index is 0.343. The second-order valence-electron chi connectivity index (χ2n) is 5.21. The topological polar surface area (TPSA) is 118 Å². The molecule has 0 saturated carbocycles. The van der Waals surface area contributed by atoms with Gasteiger partial charge in [-0.1, -0.05) is 6.07 Å². The average Bonchev–Trinajstić information content (AvgIpc) is 2.52. The molecule has 2 N–H and O–H groups in total. The molecule has 1 aliphatic heterocycles. The Morgan fingerprint density at radius 2 is 1.52 bits per heavy atom. The van der Waals surface area contributed by atoms with Gasteiger partial charge in [0.25, 0.3) is 0 Å². The number of rotatable bonds is 3. The average molecular weight is 401 g/mol. The zero-order valence-electron chi connectivity index (χ0n) is 12.6. The molecule has 0 aliphatic carbocycles. The van der Waals surface area contributed by atoms with Gasteiger partial charge in [0.2, 0.25) is 20.0 Å². The van der Waals surface area contributed by atoms with Crippen LogP contribution in [0.1, 0.15) is 0 Å². The fraction of sp³-hybridized carbons (Fsp3) is 0.417. The Labute approximate surface area is 142 Å². The van der Waals surface area contributed by atoms with E-state index in [-0.39, 0.29) is 18.0 Å². The molecule has 25 heavy (non-hydrogen) atoms. The number of carbonyl (C=O) groups is 1. The Morgan fingerprint density at radius 3 is 2.00 bits per heavy atom. The lowest BCUT2D eigenvalue weighted by Crippen LogP contribution is -2.53. The highest BCUT2D eigenvalue weighted by atomic mass is 32.2. The van der Waals surface area contributed by atoms with Crippen molar-refractivity contribution >= 4 is 26.0 Å². The Bertz CT molecular complexity index is 876. The fourth-order valence-electron chi connectivity index (χ4n) is 2.27. The number of alkyl halides is 3. The quantitative estimate of drug-likeness (QED) is 0.748. The normalized spacial score (nSPS) is 17.5. The van der Waals surface area contributed by atoms with Gasteiger partial charge in [-0.25, -0.2) is 22.0 Å². The van der Waals surface area contributed by atoms with Crippen LogP contribution in [0.2, 0.25) is 0 Å². The zero-order chi connectivity index (χ0) is 19.0. The van der Waals surface area contributed by atoms with Gasteiger partial charge in [-0.15, -0.1) is 0 Å². The summed E-state index contributed by atoms with van der Waals surface area (Å²) in [6.45, 7) is -1.54. The third-order valence-electron chi connectivity index (χ3n) is 3.54. The van der Waals surface area contributed by atoms with E-state index in [2.05, 4.69) is 0 Å². The highest BCUT2D eigenvalue weighted by Gasteiger charge is 2.44. The summed E-state index contributed by atoms with van der Waals surface area (Å²) in [5.74, 6) is -2.03. The molecule has 1 aromatic carbocycles. The molecular weight excluding hydrogens is 387 g/mol. The number of carbonyl (C=O) groups excluding carboxylic acids is 1. The summed E-state index contributed by atoms with van der Waals surface area (Å²) in [6, 6.07) is 4.33.